The van der Waals surface area contributed by atoms with Gasteiger partial charge in [0.1, 0.15) is 5.69 Å². The Bertz CT molecular complexity index is 536. The van der Waals surface area contributed by atoms with E-state index in [2.05, 4.69) is 20.9 Å². The number of nitrogens with zero attached hydrogens (tertiary/aromatic N) is 1. The zero-order valence-electron chi connectivity index (χ0n) is 8.95. The topological polar surface area (TPSA) is 45.3 Å². The Morgan fingerprint density at radius 2 is 2.25 bits per heavy atom. The fourth-order valence-corrected chi connectivity index (χ4v) is 1.97. The number of rotatable bonds is 2. The highest BCUT2D eigenvalue weighted by Crippen LogP contribution is 2.24. The van der Waals surface area contributed by atoms with Gasteiger partial charge in [-0.05, 0) is 18.2 Å². The number of hydroxylamine groups is 2. The average molecular weight is 283 g/mol. The van der Waals surface area contributed by atoms with Gasteiger partial charge in [0.25, 0.3) is 5.91 Å². The summed E-state index contributed by atoms with van der Waals surface area (Å²) in [7, 11) is 3.03. The minimum absolute atomic E-state index is 0.203. The molecular formula is C11H11BrN2O2. The van der Waals surface area contributed by atoms with Crippen LogP contribution in [0.1, 0.15) is 10.5 Å². The second-order valence-electron chi connectivity index (χ2n) is 3.37. The van der Waals surface area contributed by atoms with Crippen LogP contribution >= 0.6 is 15.9 Å². The van der Waals surface area contributed by atoms with Crippen LogP contribution in [0.3, 0.4) is 0 Å². The molecule has 1 heterocycles. The predicted molar refractivity (Wildman–Crippen MR) is 65.1 cm³/mol. The second kappa shape index (κ2) is 4.27. The standard InChI is InChI=1S/C11H11BrN2O2/c1-14(16-2)11(15)10-6-7-8(12)4-3-5-9(7)13-10/h3-6,13H,1-2H3. The normalized spacial score (nSPS) is 10.7. The fourth-order valence-electron chi connectivity index (χ4n) is 1.49. The number of hydrogen-bond donors (Lipinski definition) is 1. The van der Waals surface area contributed by atoms with Crippen molar-refractivity contribution < 1.29 is 9.63 Å². The maximum absolute atomic E-state index is 11.8. The summed E-state index contributed by atoms with van der Waals surface area (Å²) in [6.45, 7) is 0. The Kier molecular flexibility index (Phi) is 2.98. The molecule has 1 aromatic heterocycles. The number of carbonyl (C=O) groups is 1. The molecule has 0 saturated heterocycles. The van der Waals surface area contributed by atoms with Crippen molar-refractivity contribution in [3.63, 3.8) is 0 Å². The molecule has 0 aliphatic rings. The second-order valence-corrected chi connectivity index (χ2v) is 4.22. The largest absolute Gasteiger partial charge is 0.350 e. The molecule has 5 heteroatoms. The molecule has 0 saturated carbocycles. The van der Waals surface area contributed by atoms with Gasteiger partial charge in [0.05, 0.1) is 7.11 Å². The molecule has 0 aliphatic carbocycles. The van der Waals surface area contributed by atoms with E-state index < -0.39 is 0 Å². The van der Waals surface area contributed by atoms with Crippen molar-refractivity contribution in [1.82, 2.24) is 10.0 Å². The number of fused-ring (bicyclic) bond motifs is 1. The van der Waals surface area contributed by atoms with E-state index in [0.29, 0.717) is 5.69 Å². The quantitative estimate of drug-likeness (QED) is 0.861. The van der Waals surface area contributed by atoms with E-state index in [1.807, 2.05) is 18.2 Å². The number of aromatic amines is 1. The third kappa shape index (κ3) is 1.83. The van der Waals surface area contributed by atoms with E-state index in [0.717, 1.165) is 15.4 Å². The number of carbonyl (C=O) groups excluding carboxylic acids is 1. The molecule has 2 rings (SSSR count). The molecule has 0 unspecified atom stereocenters. The maximum Gasteiger partial charge on any atom is 0.293 e. The molecule has 0 fully saturated rings. The van der Waals surface area contributed by atoms with E-state index >= 15 is 0 Å². The summed E-state index contributed by atoms with van der Waals surface area (Å²) in [5.41, 5.74) is 1.42. The van der Waals surface area contributed by atoms with Gasteiger partial charge in [-0.15, -0.1) is 0 Å². The summed E-state index contributed by atoms with van der Waals surface area (Å²) < 4.78 is 0.959. The Balaban J connectivity index is 2.48. The van der Waals surface area contributed by atoms with Gasteiger partial charge in [-0.3, -0.25) is 9.63 Å². The minimum Gasteiger partial charge on any atom is -0.350 e. The zero-order chi connectivity index (χ0) is 11.7. The summed E-state index contributed by atoms with van der Waals surface area (Å²) in [5, 5.41) is 2.16. The van der Waals surface area contributed by atoms with Crippen molar-refractivity contribution in [3.8, 4) is 0 Å². The first kappa shape index (κ1) is 11.2. The minimum atomic E-state index is -0.203. The number of H-pyrrole nitrogens is 1. The van der Waals surface area contributed by atoms with Crippen molar-refractivity contribution in [2.45, 2.75) is 0 Å². The number of halogens is 1. The van der Waals surface area contributed by atoms with Crippen LogP contribution in [0, 0.1) is 0 Å². The van der Waals surface area contributed by atoms with E-state index in [9.17, 15) is 4.79 Å². The van der Waals surface area contributed by atoms with Gasteiger partial charge < -0.3 is 4.98 Å². The molecule has 2 aromatic rings. The van der Waals surface area contributed by atoms with Crippen LogP contribution in [0.15, 0.2) is 28.7 Å². The molecule has 0 aliphatic heterocycles. The first-order valence-electron chi connectivity index (χ1n) is 4.73. The van der Waals surface area contributed by atoms with Crippen LogP contribution in [0.2, 0.25) is 0 Å². The van der Waals surface area contributed by atoms with Crippen molar-refractivity contribution in [2.75, 3.05) is 14.2 Å². The predicted octanol–water partition coefficient (Wildman–Crippen LogP) is 2.56. The molecule has 84 valence electrons. The molecule has 0 bridgehead atoms. The number of aromatic nitrogens is 1. The number of nitrogens with one attached hydrogen (secondary N) is 1. The lowest BCUT2D eigenvalue weighted by molar-refractivity contribution is -0.0759. The monoisotopic (exact) mass is 282 g/mol. The van der Waals surface area contributed by atoms with Crippen molar-refractivity contribution >= 4 is 32.7 Å². The van der Waals surface area contributed by atoms with Crippen LogP contribution in [-0.4, -0.2) is 30.1 Å². The first-order valence-corrected chi connectivity index (χ1v) is 5.52. The maximum atomic E-state index is 11.8. The molecule has 4 nitrogen and oxygen atoms in total. The lowest BCUT2D eigenvalue weighted by Crippen LogP contribution is -2.25. The van der Waals surface area contributed by atoms with Crippen molar-refractivity contribution in [1.29, 1.82) is 0 Å². The van der Waals surface area contributed by atoms with Gasteiger partial charge in [-0.1, -0.05) is 22.0 Å². The molecule has 1 amide bonds. The molecular weight excluding hydrogens is 272 g/mol. The van der Waals surface area contributed by atoms with Crippen LogP contribution in [0.5, 0.6) is 0 Å². The van der Waals surface area contributed by atoms with E-state index in [-0.39, 0.29) is 5.91 Å². The summed E-state index contributed by atoms with van der Waals surface area (Å²) in [4.78, 5) is 19.7. The third-order valence-electron chi connectivity index (χ3n) is 2.40. The van der Waals surface area contributed by atoms with E-state index in [4.69, 9.17) is 4.84 Å². The summed E-state index contributed by atoms with van der Waals surface area (Å²) in [5.74, 6) is -0.203. The molecule has 16 heavy (non-hydrogen) atoms. The van der Waals surface area contributed by atoms with Gasteiger partial charge in [0, 0.05) is 22.4 Å². The highest BCUT2D eigenvalue weighted by Gasteiger charge is 2.14. The van der Waals surface area contributed by atoms with Crippen molar-refractivity contribution in [3.05, 3.63) is 34.4 Å². The van der Waals surface area contributed by atoms with Gasteiger partial charge in [0.15, 0.2) is 0 Å². The molecule has 0 atom stereocenters. The van der Waals surface area contributed by atoms with Crippen molar-refractivity contribution in [2.24, 2.45) is 0 Å². The van der Waals surface area contributed by atoms with Gasteiger partial charge in [0.2, 0.25) is 0 Å². The smallest absolute Gasteiger partial charge is 0.293 e. The van der Waals surface area contributed by atoms with Gasteiger partial charge in [-0.2, -0.15) is 0 Å². The van der Waals surface area contributed by atoms with Crippen LogP contribution < -0.4 is 0 Å². The first-order chi connectivity index (χ1) is 7.63. The SMILES string of the molecule is CON(C)C(=O)c1cc2c(Br)cccc2[nH]1. The molecule has 0 radical (unpaired) electrons. The summed E-state index contributed by atoms with van der Waals surface area (Å²) in [6.07, 6.45) is 0. The number of amides is 1. The van der Waals surface area contributed by atoms with Crippen LogP contribution in [0.25, 0.3) is 10.9 Å². The average Bonchev–Trinajstić information content (AvgIpc) is 2.72. The van der Waals surface area contributed by atoms with Crippen LogP contribution in [0.4, 0.5) is 0 Å². The lowest BCUT2D eigenvalue weighted by Gasteiger charge is -2.11. The van der Waals surface area contributed by atoms with E-state index in [1.165, 1.54) is 12.2 Å². The van der Waals surface area contributed by atoms with E-state index in [1.54, 1.807) is 13.1 Å². The lowest BCUT2D eigenvalue weighted by atomic mass is 10.2. The highest BCUT2D eigenvalue weighted by molar-refractivity contribution is 9.10. The number of benzene rings is 1. The molecule has 0 spiro atoms. The van der Waals surface area contributed by atoms with Crippen LogP contribution in [-0.2, 0) is 4.84 Å². The summed E-state index contributed by atoms with van der Waals surface area (Å²) >= 11 is 3.44. The highest BCUT2D eigenvalue weighted by atomic mass is 79.9. The Hall–Kier alpha value is -1.33. The Morgan fingerprint density at radius 1 is 1.50 bits per heavy atom. The fraction of sp³-hybridized carbons (Fsp3) is 0.182. The van der Waals surface area contributed by atoms with Gasteiger partial charge >= 0.3 is 0 Å². The molecule has 1 N–H and O–H groups in total. The number of hydrogen-bond acceptors (Lipinski definition) is 2. The summed E-state index contributed by atoms with van der Waals surface area (Å²) in [6, 6.07) is 7.57. The Morgan fingerprint density at radius 3 is 2.88 bits per heavy atom. The third-order valence-corrected chi connectivity index (χ3v) is 3.09. The zero-order valence-corrected chi connectivity index (χ0v) is 10.5. The van der Waals surface area contributed by atoms with Gasteiger partial charge in [-0.25, -0.2) is 5.06 Å². The molecule has 1 aromatic carbocycles. The Labute approximate surface area is 101 Å².